The Kier molecular flexibility index (Phi) is 5.99. The molecule has 0 radical (unpaired) electrons. The number of nitrogens with two attached hydrogens (primary N) is 1. The lowest BCUT2D eigenvalue weighted by molar-refractivity contribution is -0.132. The first kappa shape index (κ1) is 16.7. The van der Waals surface area contributed by atoms with E-state index < -0.39 is 5.41 Å². The monoisotopic (exact) mass is 312 g/mol. The lowest BCUT2D eigenvalue weighted by atomic mass is 9.77. The highest BCUT2D eigenvalue weighted by Crippen LogP contribution is 2.33. The number of nitrogens with one attached hydrogen (secondary N) is 1. The van der Waals surface area contributed by atoms with Crippen LogP contribution in [0.3, 0.4) is 0 Å². The maximum absolute atomic E-state index is 12.8. The molecule has 120 valence electrons. The summed E-state index contributed by atoms with van der Waals surface area (Å²) in [4.78, 5) is 13.2. The molecule has 1 amide bonds. The zero-order chi connectivity index (χ0) is 15.3. The fourth-order valence-electron chi connectivity index (χ4n) is 3.70. The SMILES string of the molecule is CCC(NC(=O)C1(C(N)=S)CCOCC1)C1CCCCC1. The van der Waals surface area contributed by atoms with Crippen LogP contribution in [-0.2, 0) is 9.53 Å². The molecule has 5 heteroatoms. The molecule has 21 heavy (non-hydrogen) atoms. The first-order valence-electron chi connectivity index (χ1n) is 8.29. The Balaban J connectivity index is 2.04. The molecule has 0 aromatic carbocycles. The maximum Gasteiger partial charge on any atom is 0.233 e. The quantitative estimate of drug-likeness (QED) is 0.766. The number of carbonyl (C=O) groups is 1. The fraction of sp³-hybridized carbons (Fsp3) is 0.875. The van der Waals surface area contributed by atoms with Crippen LogP contribution in [0.1, 0.15) is 58.3 Å². The van der Waals surface area contributed by atoms with Crippen LogP contribution in [-0.4, -0.2) is 30.2 Å². The molecule has 1 heterocycles. The first-order valence-corrected chi connectivity index (χ1v) is 8.69. The lowest BCUT2D eigenvalue weighted by Crippen LogP contribution is -2.55. The Bertz CT molecular complexity index is 374. The van der Waals surface area contributed by atoms with E-state index in [-0.39, 0.29) is 11.9 Å². The van der Waals surface area contributed by atoms with Crippen LogP contribution < -0.4 is 11.1 Å². The number of hydrogen-bond acceptors (Lipinski definition) is 3. The third kappa shape index (κ3) is 3.75. The van der Waals surface area contributed by atoms with Gasteiger partial charge in [-0.25, -0.2) is 0 Å². The molecular weight excluding hydrogens is 284 g/mol. The third-order valence-corrected chi connectivity index (χ3v) is 5.62. The summed E-state index contributed by atoms with van der Waals surface area (Å²) in [6, 6.07) is 0.256. The van der Waals surface area contributed by atoms with Crippen molar-refractivity contribution in [1.82, 2.24) is 5.32 Å². The molecule has 0 aromatic heterocycles. The normalized spacial score (nSPS) is 24.2. The van der Waals surface area contributed by atoms with E-state index in [1.165, 1.54) is 32.1 Å². The molecule has 1 aliphatic carbocycles. The van der Waals surface area contributed by atoms with Gasteiger partial charge in [-0.05, 0) is 38.0 Å². The van der Waals surface area contributed by atoms with Gasteiger partial charge < -0.3 is 15.8 Å². The van der Waals surface area contributed by atoms with Gasteiger partial charge in [0.1, 0.15) is 5.41 Å². The highest BCUT2D eigenvalue weighted by atomic mass is 32.1. The zero-order valence-corrected chi connectivity index (χ0v) is 13.8. The van der Waals surface area contributed by atoms with Crippen molar-refractivity contribution >= 4 is 23.1 Å². The summed E-state index contributed by atoms with van der Waals surface area (Å²) in [7, 11) is 0. The molecule has 3 N–H and O–H groups in total. The molecule has 1 saturated carbocycles. The van der Waals surface area contributed by atoms with Gasteiger partial charge in [0.05, 0.1) is 4.99 Å². The zero-order valence-electron chi connectivity index (χ0n) is 13.0. The van der Waals surface area contributed by atoms with Gasteiger partial charge >= 0.3 is 0 Å². The summed E-state index contributed by atoms with van der Waals surface area (Å²) >= 11 is 5.21. The van der Waals surface area contributed by atoms with Gasteiger partial charge in [0.25, 0.3) is 0 Å². The van der Waals surface area contributed by atoms with Crippen LogP contribution in [0, 0.1) is 11.3 Å². The predicted octanol–water partition coefficient (Wildman–Crippen LogP) is 2.54. The summed E-state index contributed by atoms with van der Waals surface area (Å²) < 4.78 is 5.38. The van der Waals surface area contributed by atoms with Crippen molar-refractivity contribution in [1.29, 1.82) is 0 Å². The average molecular weight is 312 g/mol. The van der Waals surface area contributed by atoms with Gasteiger partial charge in [-0.1, -0.05) is 38.4 Å². The Morgan fingerprint density at radius 1 is 1.33 bits per heavy atom. The summed E-state index contributed by atoms with van der Waals surface area (Å²) in [5.41, 5.74) is 5.22. The van der Waals surface area contributed by atoms with Gasteiger partial charge in [0, 0.05) is 19.3 Å². The predicted molar refractivity (Wildman–Crippen MR) is 88.1 cm³/mol. The smallest absolute Gasteiger partial charge is 0.233 e. The molecule has 1 saturated heterocycles. The summed E-state index contributed by atoms with van der Waals surface area (Å²) in [6.07, 6.45) is 8.53. The van der Waals surface area contributed by atoms with E-state index in [9.17, 15) is 4.79 Å². The standard InChI is InChI=1S/C16H28N2O2S/c1-2-13(12-6-4-3-5-7-12)18-15(19)16(14(17)21)8-10-20-11-9-16/h12-13H,2-11H2,1H3,(H2,17,21)(H,18,19). The number of ether oxygens (including phenoxy) is 1. The molecule has 4 nitrogen and oxygen atoms in total. The minimum absolute atomic E-state index is 0.0238. The van der Waals surface area contributed by atoms with Crippen molar-refractivity contribution in [3.63, 3.8) is 0 Å². The van der Waals surface area contributed by atoms with E-state index >= 15 is 0 Å². The molecule has 1 unspecified atom stereocenters. The largest absolute Gasteiger partial charge is 0.392 e. The van der Waals surface area contributed by atoms with E-state index in [4.69, 9.17) is 22.7 Å². The van der Waals surface area contributed by atoms with E-state index in [2.05, 4.69) is 12.2 Å². The van der Waals surface area contributed by atoms with Gasteiger partial charge in [0.2, 0.25) is 5.91 Å². The minimum Gasteiger partial charge on any atom is -0.392 e. The molecule has 0 bridgehead atoms. The second-order valence-electron chi connectivity index (χ2n) is 6.45. The van der Waals surface area contributed by atoms with Crippen molar-refractivity contribution in [2.24, 2.45) is 17.1 Å². The lowest BCUT2D eigenvalue weighted by Gasteiger charge is -2.38. The second-order valence-corrected chi connectivity index (χ2v) is 6.88. The van der Waals surface area contributed by atoms with Crippen molar-refractivity contribution in [2.45, 2.75) is 64.3 Å². The number of thiocarbonyl (C=S) groups is 1. The minimum atomic E-state index is -0.699. The van der Waals surface area contributed by atoms with Crippen molar-refractivity contribution in [2.75, 3.05) is 13.2 Å². The van der Waals surface area contributed by atoms with Crippen LogP contribution >= 0.6 is 12.2 Å². The van der Waals surface area contributed by atoms with E-state index in [0.717, 1.165) is 6.42 Å². The maximum atomic E-state index is 12.8. The molecule has 2 aliphatic rings. The highest BCUT2D eigenvalue weighted by Gasteiger charge is 2.44. The van der Waals surface area contributed by atoms with Gasteiger partial charge in [-0.3, -0.25) is 4.79 Å². The third-order valence-electron chi connectivity index (χ3n) is 5.23. The van der Waals surface area contributed by atoms with Gasteiger partial charge in [0.15, 0.2) is 0 Å². The van der Waals surface area contributed by atoms with E-state index in [1.807, 2.05) is 0 Å². The number of amides is 1. The molecule has 2 rings (SSSR count). The summed E-state index contributed by atoms with van der Waals surface area (Å²) in [5.74, 6) is 0.631. The average Bonchev–Trinajstić information content (AvgIpc) is 2.53. The topological polar surface area (TPSA) is 64.4 Å². The van der Waals surface area contributed by atoms with Crippen molar-refractivity contribution in [3.05, 3.63) is 0 Å². The van der Waals surface area contributed by atoms with Crippen molar-refractivity contribution in [3.8, 4) is 0 Å². The summed E-state index contributed by atoms with van der Waals surface area (Å²) in [6.45, 7) is 3.27. The molecule has 0 spiro atoms. The van der Waals surface area contributed by atoms with Gasteiger partial charge in [-0.2, -0.15) is 0 Å². The number of rotatable bonds is 5. The Morgan fingerprint density at radius 2 is 1.95 bits per heavy atom. The van der Waals surface area contributed by atoms with Crippen LogP contribution in [0.2, 0.25) is 0 Å². The van der Waals surface area contributed by atoms with E-state index in [0.29, 0.717) is 37.0 Å². The number of hydrogen-bond donors (Lipinski definition) is 2. The molecule has 1 atom stereocenters. The Hall–Kier alpha value is -0.680. The van der Waals surface area contributed by atoms with Crippen LogP contribution in [0.25, 0.3) is 0 Å². The second kappa shape index (κ2) is 7.54. The first-order chi connectivity index (χ1) is 10.1. The van der Waals surface area contributed by atoms with Crippen LogP contribution in [0.4, 0.5) is 0 Å². The summed E-state index contributed by atoms with van der Waals surface area (Å²) in [5, 5.41) is 3.27. The van der Waals surface area contributed by atoms with Gasteiger partial charge in [-0.15, -0.1) is 0 Å². The molecule has 2 fully saturated rings. The molecule has 1 aliphatic heterocycles. The van der Waals surface area contributed by atoms with Crippen LogP contribution in [0.15, 0.2) is 0 Å². The fourth-order valence-corrected chi connectivity index (χ4v) is 4.00. The Labute approximate surface area is 133 Å². The molecular formula is C16H28N2O2S. The number of carbonyl (C=O) groups excluding carboxylic acids is 1. The van der Waals surface area contributed by atoms with E-state index in [1.54, 1.807) is 0 Å². The molecule has 0 aromatic rings. The highest BCUT2D eigenvalue weighted by molar-refractivity contribution is 7.80. The Morgan fingerprint density at radius 3 is 2.48 bits per heavy atom. The van der Waals surface area contributed by atoms with Crippen molar-refractivity contribution < 1.29 is 9.53 Å². The van der Waals surface area contributed by atoms with Crippen LogP contribution in [0.5, 0.6) is 0 Å².